The average molecular weight is 276 g/mol. The molecule has 1 fully saturated rings. The highest BCUT2D eigenvalue weighted by atomic mass is 16.5. The fourth-order valence-corrected chi connectivity index (χ4v) is 2.38. The number of carbonyl (C=O) groups excluding carboxylic acids is 2. The summed E-state index contributed by atoms with van der Waals surface area (Å²) in [5.74, 6) is 0.584. The molecule has 0 aromatic heterocycles. The number of para-hydroxylation sites is 1. The monoisotopic (exact) mass is 276 g/mol. The Morgan fingerprint density at radius 1 is 1.15 bits per heavy atom. The van der Waals surface area contributed by atoms with Gasteiger partial charge in [0.15, 0.2) is 0 Å². The molecule has 0 atom stereocenters. The number of rotatable bonds is 6. The summed E-state index contributed by atoms with van der Waals surface area (Å²) in [6.07, 6.45) is 1.20. The molecule has 3 amide bonds. The second-order valence-electron chi connectivity index (χ2n) is 4.84. The Hall–Kier alpha value is -2.04. The van der Waals surface area contributed by atoms with Crippen LogP contribution in [0.25, 0.3) is 0 Å². The molecule has 1 aromatic carbocycles. The van der Waals surface area contributed by atoms with Crippen molar-refractivity contribution in [2.45, 2.75) is 32.2 Å². The van der Waals surface area contributed by atoms with Gasteiger partial charge < -0.3 is 10.1 Å². The van der Waals surface area contributed by atoms with Gasteiger partial charge in [0, 0.05) is 0 Å². The maximum atomic E-state index is 12.3. The summed E-state index contributed by atoms with van der Waals surface area (Å²) < 4.78 is 5.53. The van der Waals surface area contributed by atoms with Crippen LogP contribution in [0, 0.1) is 0 Å². The quantitative estimate of drug-likeness (QED) is 0.810. The minimum atomic E-state index is -0.732. The summed E-state index contributed by atoms with van der Waals surface area (Å²) >= 11 is 0. The van der Waals surface area contributed by atoms with Gasteiger partial charge >= 0.3 is 6.03 Å². The molecule has 0 saturated carbocycles. The van der Waals surface area contributed by atoms with Crippen LogP contribution in [0.15, 0.2) is 30.3 Å². The van der Waals surface area contributed by atoms with Crippen LogP contribution in [-0.4, -0.2) is 35.5 Å². The van der Waals surface area contributed by atoms with Crippen molar-refractivity contribution in [3.05, 3.63) is 30.3 Å². The molecule has 0 bridgehead atoms. The Morgan fingerprint density at radius 2 is 1.80 bits per heavy atom. The van der Waals surface area contributed by atoms with Gasteiger partial charge in [0.25, 0.3) is 5.91 Å². The van der Waals surface area contributed by atoms with Crippen molar-refractivity contribution in [2.75, 3.05) is 13.2 Å². The maximum Gasteiger partial charge on any atom is 0.325 e. The minimum absolute atomic E-state index is 0.149. The van der Waals surface area contributed by atoms with Crippen molar-refractivity contribution in [1.29, 1.82) is 0 Å². The van der Waals surface area contributed by atoms with Gasteiger partial charge in [0.1, 0.15) is 17.9 Å². The van der Waals surface area contributed by atoms with Crippen LogP contribution in [0.4, 0.5) is 4.79 Å². The van der Waals surface area contributed by atoms with E-state index in [9.17, 15) is 9.59 Å². The van der Waals surface area contributed by atoms with Gasteiger partial charge in [-0.05, 0) is 25.0 Å². The number of nitrogens with one attached hydrogen (secondary N) is 1. The van der Waals surface area contributed by atoms with Crippen LogP contribution in [0.5, 0.6) is 5.75 Å². The number of imide groups is 1. The van der Waals surface area contributed by atoms with Crippen molar-refractivity contribution in [1.82, 2.24) is 10.2 Å². The first kappa shape index (κ1) is 14.4. The molecule has 5 nitrogen and oxygen atoms in total. The van der Waals surface area contributed by atoms with Crippen molar-refractivity contribution in [3.63, 3.8) is 0 Å². The van der Waals surface area contributed by atoms with Gasteiger partial charge in [-0.2, -0.15) is 0 Å². The van der Waals surface area contributed by atoms with Gasteiger partial charge in [-0.1, -0.05) is 32.0 Å². The molecule has 0 unspecified atom stereocenters. The van der Waals surface area contributed by atoms with Crippen molar-refractivity contribution >= 4 is 11.9 Å². The van der Waals surface area contributed by atoms with Gasteiger partial charge in [0.2, 0.25) is 0 Å². The molecule has 20 heavy (non-hydrogen) atoms. The molecular weight excluding hydrogens is 256 g/mol. The first-order valence-corrected chi connectivity index (χ1v) is 6.95. The van der Waals surface area contributed by atoms with E-state index in [1.54, 1.807) is 0 Å². The molecule has 108 valence electrons. The lowest BCUT2D eigenvalue weighted by molar-refractivity contribution is -0.131. The van der Waals surface area contributed by atoms with Crippen LogP contribution in [-0.2, 0) is 4.79 Å². The Balaban J connectivity index is 1.93. The van der Waals surface area contributed by atoms with Crippen molar-refractivity contribution in [3.8, 4) is 5.75 Å². The fraction of sp³-hybridized carbons (Fsp3) is 0.467. The number of urea groups is 1. The van der Waals surface area contributed by atoms with Gasteiger partial charge in [-0.25, -0.2) is 4.79 Å². The zero-order chi connectivity index (χ0) is 14.6. The summed E-state index contributed by atoms with van der Waals surface area (Å²) in [7, 11) is 0. The SMILES string of the molecule is CCC1(CC)NC(=O)N(CCOc2ccccc2)C1=O. The highest BCUT2D eigenvalue weighted by Gasteiger charge is 2.48. The second kappa shape index (κ2) is 5.94. The number of carbonyl (C=O) groups is 2. The first-order chi connectivity index (χ1) is 9.63. The number of hydrogen-bond acceptors (Lipinski definition) is 3. The highest BCUT2D eigenvalue weighted by Crippen LogP contribution is 2.24. The molecule has 1 N–H and O–H groups in total. The van der Waals surface area contributed by atoms with E-state index in [-0.39, 0.29) is 18.5 Å². The molecule has 2 rings (SSSR count). The number of hydrogen-bond donors (Lipinski definition) is 1. The van der Waals surface area contributed by atoms with Crippen LogP contribution in [0.3, 0.4) is 0 Å². The summed E-state index contributed by atoms with van der Waals surface area (Å²) in [5.41, 5.74) is -0.732. The van der Waals surface area contributed by atoms with E-state index in [0.717, 1.165) is 5.75 Å². The zero-order valence-electron chi connectivity index (χ0n) is 11.9. The average Bonchev–Trinajstić information content (AvgIpc) is 2.73. The fourth-order valence-electron chi connectivity index (χ4n) is 2.38. The van der Waals surface area contributed by atoms with E-state index in [0.29, 0.717) is 19.4 Å². The number of benzene rings is 1. The number of ether oxygens (including phenoxy) is 1. The number of nitrogens with zero attached hydrogens (tertiary/aromatic N) is 1. The molecule has 1 aliphatic heterocycles. The van der Waals surface area contributed by atoms with Crippen LogP contribution in [0.1, 0.15) is 26.7 Å². The molecule has 5 heteroatoms. The Labute approximate surface area is 118 Å². The Morgan fingerprint density at radius 3 is 2.35 bits per heavy atom. The molecule has 1 aromatic rings. The first-order valence-electron chi connectivity index (χ1n) is 6.95. The third kappa shape index (κ3) is 2.61. The number of amides is 3. The maximum absolute atomic E-state index is 12.3. The largest absolute Gasteiger partial charge is 0.492 e. The summed E-state index contributed by atoms with van der Waals surface area (Å²) in [6.45, 7) is 4.38. The second-order valence-corrected chi connectivity index (χ2v) is 4.84. The molecule has 1 heterocycles. The molecular formula is C15H20N2O3. The van der Waals surface area contributed by atoms with Crippen LogP contribution < -0.4 is 10.1 Å². The van der Waals surface area contributed by atoms with E-state index in [4.69, 9.17) is 4.74 Å². The van der Waals surface area contributed by atoms with E-state index < -0.39 is 5.54 Å². The standard InChI is InChI=1S/C15H20N2O3/c1-3-15(4-2)13(18)17(14(19)16-15)10-11-20-12-8-6-5-7-9-12/h5-9H,3-4,10-11H2,1-2H3,(H,16,19). The molecule has 0 radical (unpaired) electrons. The van der Waals surface area contributed by atoms with Crippen LogP contribution >= 0.6 is 0 Å². The zero-order valence-corrected chi connectivity index (χ0v) is 11.9. The van der Waals surface area contributed by atoms with Gasteiger partial charge in [-0.3, -0.25) is 9.69 Å². The Kier molecular flexibility index (Phi) is 4.27. The predicted molar refractivity (Wildman–Crippen MR) is 75.5 cm³/mol. The van der Waals surface area contributed by atoms with E-state index >= 15 is 0 Å². The summed E-state index contributed by atoms with van der Waals surface area (Å²) in [4.78, 5) is 25.5. The van der Waals surface area contributed by atoms with Gasteiger partial charge in [-0.15, -0.1) is 0 Å². The predicted octanol–water partition coefficient (Wildman–Crippen LogP) is 2.18. The lowest BCUT2D eigenvalue weighted by Crippen LogP contribution is -2.46. The lowest BCUT2D eigenvalue weighted by Gasteiger charge is -2.23. The highest BCUT2D eigenvalue weighted by molar-refractivity contribution is 6.06. The third-order valence-electron chi connectivity index (χ3n) is 3.78. The van der Waals surface area contributed by atoms with E-state index in [1.807, 2.05) is 44.2 Å². The summed E-state index contributed by atoms with van der Waals surface area (Å²) in [6, 6.07) is 9.02. The van der Waals surface area contributed by atoms with Gasteiger partial charge in [0.05, 0.1) is 6.54 Å². The summed E-state index contributed by atoms with van der Waals surface area (Å²) in [5, 5.41) is 2.80. The van der Waals surface area contributed by atoms with E-state index in [1.165, 1.54) is 4.90 Å². The molecule has 0 spiro atoms. The smallest absolute Gasteiger partial charge is 0.325 e. The minimum Gasteiger partial charge on any atom is -0.492 e. The molecule has 0 aliphatic carbocycles. The third-order valence-corrected chi connectivity index (χ3v) is 3.78. The molecule has 1 aliphatic rings. The van der Waals surface area contributed by atoms with E-state index in [2.05, 4.69) is 5.32 Å². The van der Waals surface area contributed by atoms with Crippen LogP contribution in [0.2, 0.25) is 0 Å². The molecule has 1 saturated heterocycles. The topological polar surface area (TPSA) is 58.6 Å². The Bertz CT molecular complexity index is 483. The lowest BCUT2D eigenvalue weighted by atomic mass is 9.93. The normalized spacial score (nSPS) is 17.2. The van der Waals surface area contributed by atoms with Crippen molar-refractivity contribution < 1.29 is 14.3 Å². The van der Waals surface area contributed by atoms with Crippen molar-refractivity contribution in [2.24, 2.45) is 0 Å².